The van der Waals surface area contributed by atoms with Crippen LogP contribution in [0.5, 0.6) is 0 Å². The van der Waals surface area contributed by atoms with Gasteiger partial charge >= 0.3 is 0 Å². The van der Waals surface area contributed by atoms with Gasteiger partial charge in [-0.2, -0.15) is 0 Å². The minimum absolute atomic E-state index is 0. The number of amides is 1. The predicted molar refractivity (Wildman–Crippen MR) is 85.9 cm³/mol. The molecule has 8 heteroatoms. The van der Waals surface area contributed by atoms with Gasteiger partial charge in [0.25, 0.3) is 0 Å². The van der Waals surface area contributed by atoms with Crippen molar-refractivity contribution in [2.75, 3.05) is 25.9 Å². The molecule has 0 saturated carbocycles. The Morgan fingerprint density at radius 3 is 2.43 bits per heavy atom. The Balaban J connectivity index is 0.00000400. The van der Waals surface area contributed by atoms with E-state index >= 15 is 0 Å². The van der Waals surface area contributed by atoms with Gasteiger partial charge in [-0.1, -0.05) is 30.3 Å². The van der Waals surface area contributed by atoms with Crippen molar-refractivity contribution in [2.45, 2.75) is 13.0 Å². The van der Waals surface area contributed by atoms with E-state index in [0.717, 1.165) is 5.56 Å². The Labute approximate surface area is 132 Å². The van der Waals surface area contributed by atoms with E-state index in [1.807, 2.05) is 30.3 Å². The van der Waals surface area contributed by atoms with Gasteiger partial charge in [0, 0.05) is 26.1 Å². The molecule has 6 nitrogen and oxygen atoms in total. The average molecular weight is 336 g/mol. The van der Waals surface area contributed by atoms with Crippen molar-refractivity contribution in [1.82, 2.24) is 15.4 Å². The summed E-state index contributed by atoms with van der Waals surface area (Å²) in [5.41, 5.74) is 0.897. The number of hydrogen-bond donors (Lipinski definition) is 3. The quantitative estimate of drug-likeness (QED) is 0.604. The molecule has 0 aliphatic heterocycles. The Bertz CT molecular complexity index is 509. The van der Waals surface area contributed by atoms with Crippen LogP contribution in [0.1, 0.15) is 12.0 Å². The highest BCUT2D eigenvalue weighted by Gasteiger charge is 2.10. The van der Waals surface area contributed by atoms with E-state index in [1.165, 1.54) is 0 Å². The zero-order valence-electron chi connectivity index (χ0n) is 12.0. The molecule has 0 unspecified atom stereocenters. The van der Waals surface area contributed by atoms with Crippen LogP contribution in [-0.2, 0) is 21.4 Å². The lowest BCUT2D eigenvalue weighted by atomic mass is 10.2. The van der Waals surface area contributed by atoms with Gasteiger partial charge in [0.2, 0.25) is 15.9 Å². The lowest BCUT2D eigenvalue weighted by Gasteiger charge is -2.08. The van der Waals surface area contributed by atoms with E-state index in [4.69, 9.17) is 0 Å². The zero-order chi connectivity index (χ0) is 14.8. The topological polar surface area (TPSA) is 87.3 Å². The largest absolute Gasteiger partial charge is 0.355 e. The van der Waals surface area contributed by atoms with Crippen LogP contribution in [0.3, 0.4) is 0 Å². The summed E-state index contributed by atoms with van der Waals surface area (Å²) in [6, 6.07) is 9.28. The third-order valence-electron chi connectivity index (χ3n) is 2.63. The maximum absolute atomic E-state index is 11.7. The second-order valence-electron chi connectivity index (χ2n) is 4.33. The Kier molecular flexibility index (Phi) is 9.98. The summed E-state index contributed by atoms with van der Waals surface area (Å²) in [7, 11) is -1.62. The van der Waals surface area contributed by atoms with Crippen molar-refractivity contribution in [1.29, 1.82) is 0 Å². The second kappa shape index (κ2) is 10.6. The fourth-order valence-corrected chi connectivity index (χ4v) is 2.41. The summed E-state index contributed by atoms with van der Waals surface area (Å²) in [6.07, 6.45) is 0.341. The molecule has 1 aromatic rings. The molecule has 0 aliphatic rings. The van der Waals surface area contributed by atoms with Crippen LogP contribution in [0.2, 0.25) is 0 Å². The molecule has 0 fully saturated rings. The van der Waals surface area contributed by atoms with E-state index in [0.29, 0.717) is 13.0 Å². The normalized spacial score (nSPS) is 10.7. The molecule has 120 valence electrons. The lowest BCUT2D eigenvalue weighted by molar-refractivity contribution is -0.120. The molecule has 0 heterocycles. The van der Waals surface area contributed by atoms with Crippen molar-refractivity contribution in [2.24, 2.45) is 0 Å². The van der Waals surface area contributed by atoms with E-state index in [2.05, 4.69) is 15.4 Å². The first kappa shape index (κ1) is 19.9. The van der Waals surface area contributed by atoms with Crippen LogP contribution >= 0.6 is 12.4 Å². The molecular formula is C13H22ClN3O3S. The summed E-state index contributed by atoms with van der Waals surface area (Å²) >= 11 is 0. The van der Waals surface area contributed by atoms with Gasteiger partial charge in [0.1, 0.15) is 0 Å². The molecule has 0 radical (unpaired) electrons. The number of halogens is 1. The third-order valence-corrected chi connectivity index (χ3v) is 3.96. The zero-order valence-corrected chi connectivity index (χ0v) is 13.6. The molecule has 0 aromatic heterocycles. The van der Waals surface area contributed by atoms with E-state index in [9.17, 15) is 13.2 Å². The number of sulfonamides is 1. The average Bonchev–Trinajstić information content (AvgIpc) is 2.44. The summed E-state index contributed by atoms with van der Waals surface area (Å²) in [4.78, 5) is 11.3. The molecule has 0 atom stereocenters. The minimum Gasteiger partial charge on any atom is -0.355 e. The highest BCUT2D eigenvalue weighted by Crippen LogP contribution is 1.98. The van der Waals surface area contributed by atoms with Gasteiger partial charge in [0.05, 0.1) is 5.75 Å². The monoisotopic (exact) mass is 335 g/mol. The number of benzene rings is 1. The smallest absolute Gasteiger partial charge is 0.221 e. The first-order chi connectivity index (χ1) is 9.53. The van der Waals surface area contributed by atoms with Gasteiger partial charge in [0.15, 0.2) is 0 Å². The fraction of sp³-hybridized carbons (Fsp3) is 0.462. The maximum Gasteiger partial charge on any atom is 0.221 e. The lowest BCUT2D eigenvalue weighted by Crippen LogP contribution is -2.35. The molecule has 0 bridgehead atoms. The van der Waals surface area contributed by atoms with Crippen molar-refractivity contribution >= 4 is 28.3 Å². The van der Waals surface area contributed by atoms with Gasteiger partial charge in [-0.05, 0) is 12.6 Å². The van der Waals surface area contributed by atoms with Crippen LogP contribution in [0.25, 0.3) is 0 Å². The van der Waals surface area contributed by atoms with Crippen molar-refractivity contribution < 1.29 is 13.2 Å². The fourth-order valence-electron chi connectivity index (χ4n) is 1.51. The highest BCUT2D eigenvalue weighted by molar-refractivity contribution is 7.89. The SMILES string of the molecule is CNCCC(=O)NCCS(=O)(=O)NCc1ccccc1.Cl. The number of carbonyl (C=O) groups is 1. The first-order valence-electron chi connectivity index (χ1n) is 6.46. The van der Waals surface area contributed by atoms with Crippen LogP contribution in [-0.4, -0.2) is 40.2 Å². The Morgan fingerprint density at radius 1 is 1.14 bits per heavy atom. The van der Waals surface area contributed by atoms with Gasteiger partial charge < -0.3 is 10.6 Å². The summed E-state index contributed by atoms with van der Waals surface area (Å²) in [5.74, 6) is -0.275. The molecule has 3 N–H and O–H groups in total. The first-order valence-corrected chi connectivity index (χ1v) is 8.11. The Morgan fingerprint density at radius 2 is 1.81 bits per heavy atom. The summed E-state index contributed by atoms with van der Waals surface area (Å²) in [6.45, 7) is 0.953. The predicted octanol–water partition coefficient (Wildman–Crippen LogP) is 0.254. The Hall–Kier alpha value is -1.15. The number of carbonyl (C=O) groups excluding carboxylic acids is 1. The molecule has 0 aliphatic carbocycles. The molecule has 1 rings (SSSR count). The standard InChI is InChI=1S/C13H21N3O3S.ClH/c1-14-8-7-13(17)15-9-10-20(18,19)16-11-12-5-3-2-4-6-12;/h2-6,14,16H,7-11H2,1H3,(H,15,17);1H. The molecule has 0 saturated heterocycles. The molecular weight excluding hydrogens is 314 g/mol. The van der Waals surface area contributed by atoms with Crippen molar-refractivity contribution in [3.63, 3.8) is 0 Å². The van der Waals surface area contributed by atoms with Gasteiger partial charge in [-0.3, -0.25) is 4.79 Å². The number of nitrogens with one attached hydrogen (secondary N) is 3. The van der Waals surface area contributed by atoms with E-state index in [-0.39, 0.29) is 37.2 Å². The van der Waals surface area contributed by atoms with Gasteiger partial charge in [-0.25, -0.2) is 13.1 Å². The third kappa shape index (κ3) is 9.41. The number of rotatable bonds is 9. The van der Waals surface area contributed by atoms with Crippen molar-refractivity contribution in [3.8, 4) is 0 Å². The molecule has 1 aromatic carbocycles. The summed E-state index contributed by atoms with van der Waals surface area (Å²) in [5, 5.41) is 5.43. The summed E-state index contributed by atoms with van der Waals surface area (Å²) < 4.78 is 26.0. The highest BCUT2D eigenvalue weighted by atomic mass is 35.5. The van der Waals surface area contributed by atoms with Crippen LogP contribution in [0, 0.1) is 0 Å². The van der Waals surface area contributed by atoms with Crippen molar-refractivity contribution in [3.05, 3.63) is 35.9 Å². The van der Waals surface area contributed by atoms with Crippen LogP contribution in [0.15, 0.2) is 30.3 Å². The van der Waals surface area contributed by atoms with Gasteiger partial charge in [-0.15, -0.1) is 12.4 Å². The van der Waals surface area contributed by atoms with E-state index < -0.39 is 10.0 Å². The second-order valence-corrected chi connectivity index (χ2v) is 6.26. The minimum atomic E-state index is -3.38. The van der Waals surface area contributed by atoms with E-state index in [1.54, 1.807) is 7.05 Å². The van der Waals surface area contributed by atoms with Crippen LogP contribution < -0.4 is 15.4 Å². The molecule has 0 spiro atoms. The molecule has 21 heavy (non-hydrogen) atoms. The number of hydrogen-bond acceptors (Lipinski definition) is 4. The maximum atomic E-state index is 11.7. The van der Waals surface area contributed by atoms with Crippen LogP contribution in [0.4, 0.5) is 0 Å². The molecule has 1 amide bonds.